The highest BCUT2D eigenvalue weighted by Crippen LogP contribution is 2.32. The van der Waals surface area contributed by atoms with Crippen molar-refractivity contribution < 1.29 is 12.8 Å². The third-order valence-corrected chi connectivity index (χ3v) is 5.25. The molecule has 0 aliphatic carbocycles. The number of thiol groups is 1. The lowest BCUT2D eigenvalue weighted by atomic mass is 9.99. The summed E-state index contributed by atoms with van der Waals surface area (Å²) in [4.78, 5) is 0.232. The van der Waals surface area contributed by atoms with Crippen molar-refractivity contribution in [3.05, 3.63) is 72.0 Å². The molecule has 3 aromatic rings. The fourth-order valence-electron chi connectivity index (χ4n) is 2.60. The lowest BCUT2D eigenvalue weighted by Gasteiger charge is -2.10. The molecule has 0 unspecified atom stereocenters. The van der Waals surface area contributed by atoms with Crippen LogP contribution in [-0.4, -0.2) is 8.42 Å². The second kappa shape index (κ2) is 6.63. The Kier molecular flexibility index (Phi) is 4.69. The van der Waals surface area contributed by atoms with Gasteiger partial charge >= 0.3 is 0 Å². The summed E-state index contributed by atoms with van der Waals surface area (Å²) in [5, 5.41) is 4.99. The maximum Gasteiger partial charge on any atom is 0.240 e. The van der Waals surface area contributed by atoms with Crippen LogP contribution in [0, 0.1) is 12.7 Å². The smallest absolute Gasteiger partial charge is 0.225 e. The summed E-state index contributed by atoms with van der Waals surface area (Å²) < 4.78 is 36.6. The zero-order valence-corrected chi connectivity index (χ0v) is 15.1. The van der Waals surface area contributed by atoms with Gasteiger partial charge in [-0.25, -0.2) is 17.9 Å². The van der Waals surface area contributed by atoms with E-state index in [1.807, 2.05) is 49.4 Å². The molecule has 25 heavy (non-hydrogen) atoms. The fraction of sp³-hybridized carbons (Fsp3) is 0.0526. The third-order valence-electron chi connectivity index (χ3n) is 3.93. The van der Waals surface area contributed by atoms with Gasteiger partial charge < -0.3 is 0 Å². The highest BCUT2D eigenvalue weighted by Gasteiger charge is 2.15. The number of hydrogen-bond acceptors (Lipinski definition) is 3. The number of rotatable bonds is 3. The number of hydrogen-bond donors (Lipinski definition) is 2. The zero-order valence-electron chi connectivity index (χ0n) is 13.4. The Morgan fingerprint density at radius 1 is 0.880 bits per heavy atom. The highest BCUT2D eigenvalue weighted by molar-refractivity contribution is 7.89. The molecule has 3 aromatic carbocycles. The van der Waals surface area contributed by atoms with Crippen molar-refractivity contribution in [1.29, 1.82) is 0 Å². The van der Waals surface area contributed by atoms with Gasteiger partial charge in [-0.15, -0.1) is 12.6 Å². The average Bonchev–Trinajstić information content (AvgIpc) is 2.54. The first kappa shape index (κ1) is 17.7. The Labute approximate surface area is 151 Å². The summed E-state index contributed by atoms with van der Waals surface area (Å²) in [5.74, 6) is -0.872. The van der Waals surface area contributed by atoms with Gasteiger partial charge in [0.1, 0.15) is 10.7 Å². The Bertz CT molecular complexity index is 1050. The number of aryl methyl sites for hydroxylation is 1. The average molecular weight is 373 g/mol. The summed E-state index contributed by atoms with van der Waals surface area (Å²) in [6, 6.07) is 17.5. The Morgan fingerprint density at radius 2 is 1.44 bits per heavy atom. The van der Waals surface area contributed by atoms with Crippen molar-refractivity contribution in [2.75, 3.05) is 0 Å². The van der Waals surface area contributed by atoms with Crippen molar-refractivity contribution in [2.24, 2.45) is 5.14 Å². The molecule has 0 fully saturated rings. The van der Waals surface area contributed by atoms with Gasteiger partial charge in [0.2, 0.25) is 10.0 Å². The Hall–Kier alpha value is -2.15. The normalized spacial score (nSPS) is 11.5. The van der Waals surface area contributed by atoms with Crippen molar-refractivity contribution >= 4 is 22.7 Å². The lowest BCUT2D eigenvalue weighted by Crippen LogP contribution is -2.13. The van der Waals surface area contributed by atoms with Crippen LogP contribution < -0.4 is 5.14 Å². The molecule has 3 rings (SSSR count). The quantitative estimate of drug-likeness (QED) is 0.668. The molecule has 6 heteroatoms. The van der Waals surface area contributed by atoms with Crippen LogP contribution in [0.4, 0.5) is 4.39 Å². The summed E-state index contributed by atoms with van der Waals surface area (Å²) in [5.41, 5.74) is 4.47. The molecule has 0 heterocycles. The minimum atomic E-state index is -4.08. The van der Waals surface area contributed by atoms with E-state index in [0.29, 0.717) is 5.56 Å². The molecule has 0 aliphatic rings. The monoisotopic (exact) mass is 373 g/mol. The van der Waals surface area contributed by atoms with E-state index in [4.69, 9.17) is 5.14 Å². The van der Waals surface area contributed by atoms with Crippen LogP contribution in [0.1, 0.15) is 5.56 Å². The summed E-state index contributed by atoms with van der Waals surface area (Å²) >= 11 is 4.54. The van der Waals surface area contributed by atoms with E-state index in [0.717, 1.165) is 27.7 Å². The third kappa shape index (κ3) is 3.76. The maximum atomic E-state index is 14.0. The first-order valence-corrected chi connectivity index (χ1v) is 9.48. The second-order valence-electron chi connectivity index (χ2n) is 5.79. The van der Waals surface area contributed by atoms with Gasteiger partial charge in [0.05, 0.1) is 0 Å². The SMILES string of the molecule is Cc1ccc(-c2ccc(-c3ccc(S(N)(=O)=O)c(F)c3)cc2S)cc1. The van der Waals surface area contributed by atoms with Crippen molar-refractivity contribution in [1.82, 2.24) is 0 Å². The molecule has 0 aliphatic heterocycles. The summed E-state index contributed by atoms with van der Waals surface area (Å²) in [6.07, 6.45) is 0. The molecule has 0 saturated heterocycles. The van der Waals surface area contributed by atoms with Gasteiger partial charge in [-0.2, -0.15) is 0 Å². The van der Waals surface area contributed by atoms with Gasteiger partial charge in [-0.3, -0.25) is 0 Å². The molecule has 128 valence electrons. The van der Waals surface area contributed by atoms with Crippen LogP contribution in [0.2, 0.25) is 0 Å². The topological polar surface area (TPSA) is 60.2 Å². The molecule has 2 N–H and O–H groups in total. The van der Waals surface area contributed by atoms with Crippen LogP contribution >= 0.6 is 12.6 Å². The molecule has 0 atom stereocenters. The van der Waals surface area contributed by atoms with Gasteiger partial charge in [0.15, 0.2) is 0 Å². The van der Waals surface area contributed by atoms with E-state index >= 15 is 0 Å². The molecule has 0 aromatic heterocycles. The van der Waals surface area contributed by atoms with Crippen molar-refractivity contribution in [3.8, 4) is 22.3 Å². The van der Waals surface area contributed by atoms with Gasteiger partial charge in [0.25, 0.3) is 0 Å². The number of sulfonamides is 1. The van der Waals surface area contributed by atoms with Crippen molar-refractivity contribution in [3.63, 3.8) is 0 Å². The van der Waals surface area contributed by atoms with Crippen LogP contribution in [-0.2, 0) is 10.0 Å². The number of nitrogens with two attached hydrogens (primary N) is 1. The predicted octanol–water partition coefficient (Wildman–Crippen LogP) is 4.40. The summed E-state index contributed by atoms with van der Waals surface area (Å²) in [6.45, 7) is 2.02. The first-order valence-electron chi connectivity index (χ1n) is 7.48. The fourth-order valence-corrected chi connectivity index (χ4v) is 3.53. The standard InChI is InChI=1S/C19H16FNO2S2/c1-12-2-4-13(5-3-12)16-8-6-15(11-18(16)24)14-7-9-19(17(20)10-14)25(21,22)23/h2-11,24H,1H3,(H2,21,22,23). The van der Waals surface area contributed by atoms with E-state index in [-0.39, 0.29) is 0 Å². The van der Waals surface area contributed by atoms with Crippen LogP contribution in [0.15, 0.2) is 70.5 Å². The predicted molar refractivity (Wildman–Crippen MR) is 101 cm³/mol. The molecular formula is C19H16FNO2S2. The summed E-state index contributed by atoms with van der Waals surface area (Å²) in [7, 11) is -4.08. The van der Waals surface area contributed by atoms with Crippen LogP contribution in [0.3, 0.4) is 0 Å². The largest absolute Gasteiger partial charge is 0.240 e. The number of benzene rings is 3. The van der Waals surface area contributed by atoms with E-state index in [2.05, 4.69) is 12.6 Å². The lowest BCUT2D eigenvalue weighted by molar-refractivity contribution is 0.568. The van der Waals surface area contributed by atoms with Crippen LogP contribution in [0.25, 0.3) is 22.3 Å². The molecule has 0 amide bonds. The molecule has 0 radical (unpaired) electrons. The Balaban J connectivity index is 2.01. The van der Waals surface area contributed by atoms with Gasteiger partial charge in [-0.1, -0.05) is 48.0 Å². The van der Waals surface area contributed by atoms with Crippen LogP contribution in [0.5, 0.6) is 0 Å². The number of halogens is 1. The molecule has 3 nitrogen and oxygen atoms in total. The first-order chi connectivity index (χ1) is 11.8. The van der Waals surface area contributed by atoms with Gasteiger partial charge in [0, 0.05) is 4.90 Å². The number of primary sulfonamides is 1. The zero-order chi connectivity index (χ0) is 18.2. The Morgan fingerprint density at radius 3 is 2.00 bits per heavy atom. The molecular weight excluding hydrogens is 357 g/mol. The van der Waals surface area contributed by atoms with Gasteiger partial charge in [-0.05, 0) is 47.4 Å². The molecule has 0 saturated carbocycles. The van der Waals surface area contributed by atoms with E-state index in [1.165, 1.54) is 17.7 Å². The second-order valence-corrected chi connectivity index (χ2v) is 7.80. The highest BCUT2D eigenvalue weighted by atomic mass is 32.2. The van der Waals surface area contributed by atoms with E-state index in [1.54, 1.807) is 0 Å². The minimum Gasteiger partial charge on any atom is -0.225 e. The molecule has 0 spiro atoms. The molecule has 0 bridgehead atoms. The minimum absolute atomic E-state index is 0.515. The van der Waals surface area contributed by atoms with E-state index in [9.17, 15) is 12.8 Å². The maximum absolute atomic E-state index is 14.0. The van der Waals surface area contributed by atoms with Crippen molar-refractivity contribution in [2.45, 2.75) is 16.7 Å². The van der Waals surface area contributed by atoms with E-state index < -0.39 is 20.7 Å².